The van der Waals surface area contributed by atoms with Crippen molar-refractivity contribution in [2.75, 3.05) is 5.73 Å². The highest BCUT2D eigenvalue weighted by Gasteiger charge is 2.03. The SMILES string of the molecule is Nc1cc2ncccc2c2ccccc12. The molecular formula is C13H10N2. The van der Waals surface area contributed by atoms with E-state index in [9.17, 15) is 0 Å². The fraction of sp³-hybridized carbons (Fsp3) is 0. The molecule has 0 aliphatic carbocycles. The molecule has 0 aliphatic rings. The number of nitrogens with two attached hydrogens (primary N) is 1. The Morgan fingerprint density at radius 2 is 1.60 bits per heavy atom. The molecule has 3 aromatic rings. The Morgan fingerprint density at radius 3 is 2.47 bits per heavy atom. The molecule has 0 aliphatic heterocycles. The first-order chi connectivity index (χ1) is 7.36. The van der Waals surface area contributed by atoms with Crippen molar-refractivity contribution >= 4 is 27.4 Å². The minimum absolute atomic E-state index is 0.789. The number of hydrogen-bond donors (Lipinski definition) is 1. The van der Waals surface area contributed by atoms with Gasteiger partial charge in [0.1, 0.15) is 0 Å². The third-order valence-corrected chi connectivity index (χ3v) is 2.66. The van der Waals surface area contributed by atoms with Crippen LogP contribution in [0.3, 0.4) is 0 Å². The zero-order chi connectivity index (χ0) is 10.3. The molecule has 72 valence electrons. The van der Waals surface area contributed by atoms with Gasteiger partial charge in [-0.1, -0.05) is 30.3 Å². The third kappa shape index (κ3) is 1.15. The predicted molar refractivity (Wildman–Crippen MR) is 63.7 cm³/mol. The van der Waals surface area contributed by atoms with E-state index in [1.54, 1.807) is 6.20 Å². The summed E-state index contributed by atoms with van der Waals surface area (Å²) in [6.07, 6.45) is 1.79. The Kier molecular flexibility index (Phi) is 1.62. The summed E-state index contributed by atoms with van der Waals surface area (Å²) in [5.41, 5.74) is 7.72. The van der Waals surface area contributed by atoms with Crippen LogP contribution in [0.2, 0.25) is 0 Å². The van der Waals surface area contributed by atoms with Crippen LogP contribution in [0.5, 0.6) is 0 Å². The maximum Gasteiger partial charge on any atom is 0.0728 e. The van der Waals surface area contributed by atoms with Crippen molar-refractivity contribution in [3.63, 3.8) is 0 Å². The van der Waals surface area contributed by atoms with Gasteiger partial charge in [0.15, 0.2) is 0 Å². The molecule has 0 atom stereocenters. The Balaban J connectivity index is 2.64. The molecular weight excluding hydrogens is 184 g/mol. The molecule has 0 unspecified atom stereocenters. The molecule has 0 radical (unpaired) electrons. The van der Waals surface area contributed by atoms with Gasteiger partial charge in [-0.15, -0.1) is 0 Å². The third-order valence-electron chi connectivity index (χ3n) is 2.66. The summed E-state index contributed by atoms with van der Waals surface area (Å²) >= 11 is 0. The van der Waals surface area contributed by atoms with E-state index in [0.29, 0.717) is 0 Å². The number of nitrogens with zero attached hydrogens (tertiary/aromatic N) is 1. The number of aromatic nitrogens is 1. The second kappa shape index (κ2) is 2.95. The summed E-state index contributed by atoms with van der Waals surface area (Å²) in [6, 6.07) is 14.1. The average Bonchev–Trinajstić information content (AvgIpc) is 2.30. The van der Waals surface area contributed by atoms with Crippen molar-refractivity contribution in [2.24, 2.45) is 0 Å². The lowest BCUT2D eigenvalue weighted by Crippen LogP contribution is -1.89. The quantitative estimate of drug-likeness (QED) is 0.441. The van der Waals surface area contributed by atoms with Crippen molar-refractivity contribution in [3.8, 4) is 0 Å². The normalized spacial score (nSPS) is 10.9. The van der Waals surface area contributed by atoms with E-state index in [-0.39, 0.29) is 0 Å². The highest BCUT2D eigenvalue weighted by atomic mass is 14.7. The molecule has 0 fully saturated rings. The van der Waals surface area contributed by atoms with Gasteiger partial charge >= 0.3 is 0 Å². The van der Waals surface area contributed by atoms with Crippen LogP contribution in [-0.2, 0) is 0 Å². The Labute approximate surface area is 87.4 Å². The molecule has 1 heterocycles. The zero-order valence-electron chi connectivity index (χ0n) is 8.14. The Hall–Kier alpha value is -2.09. The summed E-state index contributed by atoms with van der Waals surface area (Å²) in [5.74, 6) is 0. The van der Waals surface area contributed by atoms with Crippen LogP contribution in [-0.4, -0.2) is 4.98 Å². The molecule has 2 heteroatoms. The first-order valence-corrected chi connectivity index (χ1v) is 4.88. The van der Waals surface area contributed by atoms with Crippen LogP contribution < -0.4 is 5.73 Å². The molecule has 2 aromatic carbocycles. The van der Waals surface area contributed by atoms with Crippen LogP contribution in [0.4, 0.5) is 5.69 Å². The van der Waals surface area contributed by atoms with Crippen LogP contribution in [0, 0.1) is 0 Å². The summed E-state index contributed by atoms with van der Waals surface area (Å²) in [5, 5.41) is 3.42. The first kappa shape index (κ1) is 8.24. The molecule has 0 saturated heterocycles. The average molecular weight is 194 g/mol. The van der Waals surface area contributed by atoms with Crippen LogP contribution in [0.25, 0.3) is 21.7 Å². The number of anilines is 1. The maximum absolute atomic E-state index is 5.98. The van der Waals surface area contributed by atoms with Gasteiger partial charge < -0.3 is 5.73 Å². The largest absolute Gasteiger partial charge is 0.398 e. The molecule has 3 rings (SSSR count). The summed E-state index contributed by atoms with van der Waals surface area (Å²) in [7, 11) is 0. The van der Waals surface area contributed by atoms with Gasteiger partial charge in [-0.3, -0.25) is 4.98 Å². The second-order valence-electron chi connectivity index (χ2n) is 3.58. The van der Waals surface area contributed by atoms with E-state index in [2.05, 4.69) is 17.1 Å². The molecule has 2 nitrogen and oxygen atoms in total. The smallest absolute Gasteiger partial charge is 0.0728 e. The molecule has 0 bridgehead atoms. The standard InChI is InChI=1S/C13H10N2/c14-12-8-13-11(6-3-7-15-13)9-4-1-2-5-10(9)12/h1-8H,14H2. The summed E-state index contributed by atoms with van der Waals surface area (Å²) in [6.45, 7) is 0. The molecule has 15 heavy (non-hydrogen) atoms. The van der Waals surface area contributed by atoms with E-state index in [4.69, 9.17) is 5.73 Å². The van der Waals surface area contributed by atoms with E-state index in [1.165, 1.54) is 5.39 Å². The van der Waals surface area contributed by atoms with Gasteiger partial charge in [-0.2, -0.15) is 0 Å². The predicted octanol–water partition coefficient (Wildman–Crippen LogP) is 2.97. The topological polar surface area (TPSA) is 38.9 Å². The number of hydrogen-bond acceptors (Lipinski definition) is 2. The second-order valence-corrected chi connectivity index (χ2v) is 3.58. The minimum atomic E-state index is 0.789. The fourth-order valence-electron chi connectivity index (χ4n) is 1.96. The lowest BCUT2D eigenvalue weighted by molar-refractivity contribution is 1.42. The molecule has 1 aromatic heterocycles. The lowest BCUT2D eigenvalue weighted by atomic mass is 10.0. The highest BCUT2D eigenvalue weighted by Crippen LogP contribution is 2.28. The monoisotopic (exact) mass is 194 g/mol. The van der Waals surface area contributed by atoms with Crippen LogP contribution >= 0.6 is 0 Å². The van der Waals surface area contributed by atoms with Crippen LogP contribution in [0.15, 0.2) is 48.7 Å². The molecule has 0 spiro atoms. The van der Waals surface area contributed by atoms with Gasteiger partial charge in [-0.25, -0.2) is 0 Å². The number of rotatable bonds is 0. The zero-order valence-corrected chi connectivity index (χ0v) is 8.14. The number of nitrogen functional groups attached to an aromatic ring is 1. The molecule has 0 saturated carbocycles. The number of pyridine rings is 1. The maximum atomic E-state index is 5.98. The van der Waals surface area contributed by atoms with E-state index in [0.717, 1.165) is 22.0 Å². The number of benzene rings is 2. The van der Waals surface area contributed by atoms with Crippen molar-refractivity contribution in [1.82, 2.24) is 4.98 Å². The number of fused-ring (bicyclic) bond motifs is 3. The molecule has 2 N–H and O–H groups in total. The van der Waals surface area contributed by atoms with E-state index >= 15 is 0 Å². The Bertz CT molecular complexity index is 644. The van der Waals surface area contributed by atoms with Crippen molar-refractivity contribution < 1.29 is 0 Å². The Morgan fingerprint density at radius 1 is 0.867 bits per heavy atom. The van der Waals surface area contributed by atoms with Gasteiger partial charge in [-0.05, 0) is 17.5 Å². The van der Waals surface area contributed by atoms with Gasteiger partial charge in [0, 0.05) is 22.7 Å². The first-order valence-electron chi connectivity index (χ1n) is 4.88. The van der Waals surface area contributed by atoms with Gasteiger partial charge in [0.25, 0.3) is 0 Å². The summed E-state index contributed by atoms with van der Waals surface area (Å²) < 4.78 is 0. The summed E-state index contributed by atoms with van der Waals surface area (Å²) in [4.78, 5) is 4.31. The van der Waals surface area contributed by atoms with Gasteiger partial charge in [0.2, 0.25) is 0 Å². The van der Waals surface area contributed by atoms with Crippen LogP contribution in [0.1, 0.15) is 0 Å². The highest BCUT2D eigenvalue weighted by molar-refractivity contribution is 6.11. The van der Waals surface area contributed by atoms with E-state index in [1.807, 2.05) is 30.3 Å². The lowest BCUT2D eigenvalue weighted by Gasteiger charge is -2.05. The van der Waals surface area contributed by atoms with Crippen molar-refractivity contribution in [2.45, 2.75) is 0 Å². The van der Waals surface area contributed by atoms with E-state index < -0.39 is 0 Å². The van der Waals surface area contributed by atoms with Crippen molar-refractivity contribution in [3.05, 3.63) is 48.7 Å². The van der Waals surface area contributed by atoms with Crippen molar-refractivity contribution in [1.29, 1.82) is 0 Å². The van der Waals surface area contributed by atoms with Gasteiger partial charge in [0.05, 0.1) is 5.52 Å². The minimum Gasteiger partial charge on any atom is -0.398 e. The fourth-order valence-corrected chi connectivity index (χ4v) is 1.96. The molecule has 0 amide bonds.